The van der Waals surface area contributed by atoms with Gasteiger partial charge in [0.1, 0.15) is 0 Å². The van der Waals surface area contributed by atoms with Crippen molar-refractivity contribution in [3.8, 4) is 11.3 Å². The molecule has 120 valence electrons. The van der Waals surface area contributed by atoms with Crippen LogP contribution in [0.3, 0.4) is 0 Å². The van der Waals surface area contributed by atoms with Crippen LogP contribution in [0.1, 0.15) is 10.4 Å². The Morgan fingerprint density at radius 2 is 1.79 bits per heavy atom. The number of nitrogens with zero attached hydrogens (tertiary/aromatic N) is 3. The summed E-state index contributed by atoms with van der Waals surface area (Å²) in [4.78, 5) is 27.2. The van der Waals surface area contributed by atoms with E-state index in [2.05, 4.69) is 4.99 Å². The quantitative estimate of drug-likeness (QED) is 0.542. The van der Waals surface area contributed by atoms with Gasteiger partial charge in [-0.25, -0.2) is 0 Å². The molecule has 1 amide bonds. The lowest BCUT2D eigenvalue weighted by Crippen LogP contribution is -2.14. The molecule has 6 nitrogen and oxygen atoms in total. The lowest BCUT2D eigenvalue weighted by Gasteiger charge is -2.02. The van der Waals surface area contributed by atoms with Crippen LogP contribution >= 0.6 is 11.3 Å². The van der Waals surface area contributed by atoms with Crippen molar-refractivity contribution < 1.29 is 9.72 Å². The van der Waals surface area contributed by atoms with Crippen molar-refractivity contribution in [1.29, 1.82) is 0 Å². The van der Waals surface area contributed by atoms with E-state index in [0.717, 1.165) is 11.3 Å². The van der Waals surface area contributed by atoms with E-state index in [1.807, 2.05) is 18.5 Å². The minimum atomic E-state index is -0.434. The van der Waals surface area contributed by atoms with Crippen LogP contribution in [0.5, 0.6) is 0 Å². The van der Waals surface area contributed by atoms with E-state index in [4.69, 9.17) is 0 Å². The zero-order valence-electron chi connectivity index (χ0n) is 12.7. The highest BCUT2D eigenvalue weighted by Crippen LogP contribution is 2.22. The van der Waals surface area contributed by atoms with E-state index in [9.17, 15) is 14.9 Å². The Morgan fingerprint density at radius 3 is 2.42 bits per heavy atom. The van der Waals surface area contributed by atoms with Crippen LogP contribution in [0.25, 0.3) is 11.3 Å². The van der Waals surface area contributed by atoms with Gasteiger partial charge >= 0.3 is 0 Å². The van der Waals surface area contributed by atoms with E-state index < -0.39 is 4.92 Å². The Balaban J connectivity index is 1.95. The number of aromatic nitrogens is 1. The maximum absolute atomic E-state index is 12.2. The van der Waals surface area contributed by atoms with Gasteiger partial charge in [0.2, 0.25) is 0 Å². The fourth-order valence-electron chi connectivity index (χ4n) is 2.22. The highest BCUT2D eigenvalue weighted by Gasteiger charge is 2.09. The molecule has 1 heterocycles. The molecule has 0 atom stereocenters. The molecule has 0 N–H and O–H groups in total. The second-order valence-corrected chi connectivity index (χ2v) is 5.89. The van der Waals surface area contributed by atoms with Crippen molar-refractivity contribution in [3.63, 3.8) is 0 Å². The van der Waals surface area contributed by atoms with Crippen molar-refractivity contribution in [1.82, 2.24) is 4.57 Å². The normalized spacial score (nSPS) is 11.5. The van der Waals surface area contributed by atoms with Gasteiger partial charge in [-0.3, -0.25) is 14.9 Å². The third-order valence-corrected chi connectivity index (χ3v) is 4.43. The highest BCUT2D eigenvalue weighted by atomic mass is 32.1. The number of thiazole rings is 1. The first-order valence-electron chi connectivity index (χ1n) is 7.10. The van der Waals surface area contributed by atoms with Gasteiger partial charge in [-0.2, -0.15) is 4.99 Å². The topological polar surface area (TPSA) is 77.5 Å². The Kier molecular flexibility index (Phi) is 4.35. The summed E-state index contributed by atoms with van der Waals surface area (Å²) in [6, 6.07) is 15.1. The van der Waals surface area contributed by atoms with Crippen molar-refractivity contribution in [3.05, 3.63) is 80.5 Å². The summed E-state index contributed by atoms with van der Waals surface area (Å²) in [6.07, 6.45) is 0. The molecule has 0 aliphatic heterocycles. The predicted octanol–water partition coefficient (Wildman–Crippen LogP) is 3.40. The number of benzene rings is 2. The van der Waals surface area contributed by atoms with Crippen molar-refractivity contribution >= 4 is 22.9 Å². The van der Waals surface area contributed by atoms with E-state index in [1.54, 1.807) is 41.0 Å². The standard InChI is InChI=1S/C17H13N3O3S/c1-19-15(12-7-9-14(10-8-12)20(22)23)11-24-17(19)18-16(21)13-5-3-2-4-6-13/h2-11H,1H3. The summed E-state index contributed by atoms with van der Waals surface area (Å²) in [5, 5.41) is 12.6. The molecule has 0 aliphatic carbocycles. The molecule has 3 rings (SSSR count). The largest absolute Gasteiger partial charge is 0.319 e. The first-order chi connectivity index (χ1) is 11.6. The van der Waals surface area contributed by atoms with Crippen LogP contribution in [0.2, 0.25) is 0 Å². The molecular weight excluding hydrogens is 326 g/mol. The third kappa shape index (κ3) is 3.16. The molecule has 0 bridgehead atoms. The Morgan fingerprint density at radius 1 is 1.12 bits per heavy atom. The molecule has 3 aromatic rings. The predicted molar refractivity (Wildman–Crippen MR) is 91.7 cm³/mol. The van der Waals surface area contributed by atoms with Gasteiger partial charge in [0, 0.05) is 30.1 Å². The molecule has 0 fully saturated rings. The lowest BCUT2D eigenvalue weighted by atomic mass is 10.1. The summed E-state index contributed by atoms with van der Waals surface area (Å²) >= 11 is 1.35. The SMILES string of the molecule is Cn1c(-c2ccc([N+](=O)[O-])cc2)csc1=NC(=O)c1ccccc1. The van der Waals surface area contributed by atoms with Gasteiger partial charge < -0.3 is 4.57 Å². The average Bonchev–Trinajstić information content (AvgIpc) is 2.96. The number of nitro benzene ring substituents is 1. The average molecular weight is 339 g/mol. The van der Waals surface area contributed by atoms with Crippen LogP contribution in [0.15, 0.2) is 65.0 Å². The monoisotopic (exact) mass is 339 g/mol. The fraction of sp³-hybridized carbons (Fsp3) is 0.0588. The molecule has 0 saturated heterocycles. The maximum atomic E-state index is 12.2. The number of hydrogen-bond acceptors (Lipinski definition) is 4. The number of nitro groups is 1. The van der Waals surface area contributed by atoms with E-state index in [-0.39, 0.29) is 11.6 Å². The van der Waals surface area contributed by atoms with Gasteiger partial charge in [0.15, 0.2) is 4.80 Å². The maximum Gasteiger partial charge on any atom is 0.279 e. The Hall–Kier alpha value is -3.06. The molecule has 0 radical (unpaired) electrons. The third-order valence-electron chi connectivity index (χ3n) is 3.52. The number of hydrogen-bond donors (Lipinski definition) is 0. The number of carbonyl (C=O) groups is 1. The zero-order chi connectivity index (χ0) is 17.1. The summed E-state index contributed by atoms with van der Waals surface area (Å²) in [5.74, 6) is -0.303. The smallest absolute Gasteiger partial charge is 0.279 e. The van der Waals surface area contributed by atoms with Gasteiger partial charge in [0.05, 0.1) is 10.6 Å². The second kappa shape index (κ2) is 6.59. The van der Waals surface area contributed by atoms with Gasteiger partial charge in [-0.15, -0.1) is 11.3 Å². The Bertz CT molecular complexity index is 957. The van der Waals surface area contributed by atoms with Gasteiger partial charge in [-0.05, 0) is 29.8 Å². The lowest BCUT2D eigenvalue weighted by molar-refractivity contribution is -0.384. The fourth-order valence-corrected chi connectivity index (χ4v) is 3.12. The number of carbonyl (C=O) groups excluding carboxylic acids is 1. The van der Waals surface area contributed by atoms with E-state index >= 15 is 0 Å². The molecule has 0 unspecified atom stereocenters. The molecule has 2 aromatic carbocycles. The van der Waals surface area contributed by atoms with Gasteiger partial charge in [0.25, 0.3) is 11.6 Å². The van der Waals surface area contributed by atoms with E-state index in [0.29, 0.717) is 10.4 Å². The molecule has 0 aliphatic rings. The van der Waals surface area contributed by atoms with Crippen LogP contribution in [0.4, 0.5) is 5.69 Å². The summed E-state index contributed by atoms with van der Waals surface area (Å²) in [7, 11) is 1.81. The van der Waals surface area contributed by atoms with E-state index in [1.165, 1.54) is 23.5 Å². The molecular formula is C17H13N3O3S. The minimum absolute atomic E-state index is 0.0424. The number of rotatable bonds is 3. The van der Waals surface area contributed by atoms with Crippen LogP contribution in [0, 0.1) is 10.1 Å². The summed E-state index contributed by atoms with van der Waals surface area (Å²) in [6.45, 7) is 0. The molecule has 0 spiro atoms. The number of amides is 1. The second-order valence-electron chi connectivity index (χ2n) is 5.05. The Labute approximate surface area is 141 Å². The molecule has 0 saturated carbocycles. The summed E-state index contributed by atoms with van der Waals surface area (Å²) in [5.41, 5.74) is 2.24. The van der Waals surface area contributed by atoms with Gasteiger partial charge in [-0.1, -0.05) is 18.2 Å². The molecule has 7 heteroatoms. The molecule has 24 heavy (non-hydrogen) atoms. The first-order valence-corrected chi connectivity index (χ1v) is 7.97. The highest BCUT2D eigenvalue weighted by molar-refractivity contribution is 7.07. The van der Waals surface area contributed by atoms with Crippen LogP contribution in [-0.4, -0.2) is 15.4 Å². The van der Waals surface area contributed by atoms with Crippen LogP contribution < -0.4 is 4.80 Å². The van der Waals surface area contributed by atoms with Crippen molar-refractivity contribution in [2.75, 3.05) is 0 Å². The zero-order valence-corrected chi connectivity index (χ0v) is 13.6. The number of non-ortho nitro benzene ring substituents is 1. The van der Waals surface area contributed by atoms with Crippen molar-refractivity contribution in [2.45, 2.75) is 0 Å². The minimum Gasteiger partial charge on any atom is -0.319 e. The summed E-state index contributed by atoms with van der Waals surface area (Å²) < 4.78 is 1.80. The first kappa shape index (κ1) is 15.8. The van der Waals surface area contributed by atoms with Crippen LogP contribution in [-0.2, 0) is 7.05 Å². The molecule has 1 aromatic heterocycles. The van der Waals surface area contributed by atoms with Crippen molar-refractivity contribution in [2.24, 2.45) is 12.0 Å².